The van der Waals surface area contributed by atoms with Crippen LogP contribution in [-0.2, 0) is 0 Å². The Morgan fingerprint density at radius 3 is 1.32 bits per heavy atom. The fourth-order valence-corrected chi connectivity index (χ4v) is 4.91. The van der Waals surface area contributed by atoms with Crippen molar-refractivity contribution in [2.75, 3.05) is 0 Å². The van der Waals surface area contributed by atoms with Crippen molar-refractivity contribution in [1.82, 2.24) is 4.98 Å². The molecule has 0 aliphatic heterocycles. The summed E-state index contributed by atoms with van der Waals surface area (Å²) in [4.78, 5) is 4.30. The molecule has 0 bridgehead atoms. The Balaban J connectivity index is 1.51. The zero-order chi connectivity index (χ0) is 25.0. The highest BCUT2D eigenvalue weighted by molar-refractivity contribution is 6.30. The molecule has 1 aromatic heterocycles. The van der Waals surface area contributed by atoms with Crippen LogP contribution in [0.4, 0.5) is 0 Å². The molecular formula is C35H24ClN. The van der Waals surface area contributed by atoms with Crippen LogP contribution >= 0.6 is 11.6 Å². The molecule has 1 nitrogen and oxygen atoms in total. The zero-order valence-electron chi connectivity index (χ0n) is 20.2. The third-order valence-electron chi connectivity index (χ3n) is 6.58. The smallest absolute Gasteiger partial charge is 0.0412 e. The van der Waals surface area contributed by atoms with E-state index in [1.165, 1.54) is 16.7 Å². The zero-order valence-corrected chi connectivity index (χ0v) is 20.9. The minimum absolute atomic E-state index is 0.731. The molecular weight excluding hydrogens is 470 g/mol. The van der Waals surface area contributed by atoms with Crippen LogP contribution < -0.4 is 0 Å². The van der Waals surface area contributed by atoms with Gasteiger partial charge in [0, 0.05) is 23.0 Å². The van der Waals surface area contributed by atoms with Crippen LogP contribution in [0.15, 0.2) is 146 Å². The van der Waals surface area contributed by atoms with E-state index in [0.717, 1.165) is 44.0 Å². The van der Waals surface area contributed by atoms with Crippen LogP contribution in [0.3, 0.4) is 0 Å². The Hall–Kier alpha value is -4.46. The van der Waals surface area contributed by atoms with Gasteiger partial charge in [0.05, 0.1) is 0 Å². The van der Waals surface area contributed by atoms with Gasteiger partial charge in [-0.15, -0.1) is 0 Å². The Kier molecular flexibility index (Phi) is 6.37. The van der Waals surface area contributed by atoms with Crippen LogP contribution in [0.1, 0.15) is 0 Å². The maximum atomic E-state index is 6.38. The average molecular weight is 494 g/mol. The summed E-state index contributed by atoms with van der Waals surface area (Å²) in [5.41, 5.74) is 11.5. The van der Waals surface area contributed by atoms with Gasteiger partial charge in [-0.05, 0) is 98.6 Å². The molecule has 0 aliphatic rings. The first kappa shape index (κ1) is 23.0. The van der Waals surface area contributed by atoms with E-state index in [9.17, 15) is 0 Å². The Bertz CT molecular complexity index is 1570. The first-order chi connectivity index (χ1) is 18.2. The average Bonchev–Trinajstić information content (AvgIpc) is 2.98. The molecule has 37 heavy (non-hydrogen) atoms. The van der Waals surface area contributed by atoms with E-state index >= 15 is 0 Å². The van der Waals surface area contributed by atoms with Crippen molar-refractivity contribution in [3.05, 3.63) is 151 Å². The van der Waals surface area contributed by atoms with E-state index < -0.39 is 0 Å². The van der Waals surface area contributed by atoms with Crippen LogP contribution in [0, 0.1) is 0 Å². The quantitative estimate of drug-likeness (QED) is 0.233. The Labute approximate surface area is 222 Å². The van der Waals surface area contributed by atoms with Crippen molar-refractivity contribution in [3.63, 3.8) is 0 Å². The number of aromatic nitrogens is 1. The number of pyridine rings is 1. The predicted molar refractivity (Wildman–Crippen MR) is 156 cm³/mol. The number of hydrogen-bond acceptors (Lipinski definition) is 1. The second-order valence-electron chi connectivity index (χ2n) is 9.08. The first-order valence-electron chi connectivity index (χ1n) is 12.3. The summed E-state index contributed by atoms with van der Waals surface area (Å²) in [6, 6.07) is 46.8. The van der Waals surface area contributed by atoms with Gasteiger partial charge < -0.3 is 0 Å². The van der Waals surface area contributed by atoms with Gasteiger partial charge in [-0.2, -0.15) is 0 Å². The SMILES string of the molecule is Clc1cccc(-c2cc(-c3cccc(-c4ccccc4)c3)cc(-c3cccc(-c4cccnc4)c3)c2)c1. The summed E-state index contributed by atoms with van der Waals surface area (Å²) in [6.45, 7) is 0. The Morgan fingerprint density at radius 1 is 0.351 bits per heavy atom. The lowest BCUT2D eigenvalue weighted by molar-refractivity contribution is 1.33. The molecule has 2 heteroatoms. The maximum absolute atomic E-state index is 6.38. The highest BCUT2D eigenvalue weighted by Crippen LogP contribution is 2.36. The van der Waals surface area contributed by atoms with Crippen LogP contribution in [0.5, 0.6) is 0 Å². The third kappa shape index (κ3) is 5.09. The summed E-state index contributed by atoms with van der Waals surface area (Å²) in [7, 11) is 0. The fraction of sp³-hybridized carbons (Fsp3) is 0. The van der Waals surface area contributed by atoms with Crippen LogP contribution in [0.2, 0.25) is 5.02 Å². The molecule has 176 valence electrons. The van der Waals surface area contributed by atoms with Crippen molar-refractivity contribution in [2.45, 2.75) is 0 Å². The van der Waals surface area contributed by atoms with Gasteiger partial charge in [-0.3, -0.25) is 4.98 Å². The maximum Gasteiger partial charge on any atom is 0.0412 e. The number of nitrogens with zero attached hydrogens (tertiary/aromatic N) is 1. The number of rotatable bonds is 5. The predicted octanol–water partition coefficient (Wildman–Crippen LogP) is 10.1. The molecule has 0 saturated heterocycles. The molecule has 1 heterocycles. The van der Waals surface area contributed by atoms with Gasteiger partial charge in [0.25, 0.3) is 0 Å². The standard InChI is InChI=1S/C35H24ClN/c36-35-16-6-14-30(23-35)34-21-32(28-12-4-10-26(18-28)25-8-2-1-3-9-25)20-33(22-34)29-13-5-11-27(19-29)31-15-7-17-37-24-31/h1-24H. The van der Waals surface area contributed by atoms with Gasteiger partial charge >= 0.3 is 0 Å². The van der Waals surface area contributed by atoms with E-state index in [2.05, 4.69) is 108 Å². The number of benzene rings is 5. The van der Waals surface area contributed by atoms with Crippen molar-refractivity contribution < 1.29 is 0 Å². The van der Waals surface area contributed by atoms with E-state index in [-0.39, 0.29) is 0 Å². The molecule has 0 saturated carbocycles. The normalized spacial score (nSPS) is 10.8. The summed E-state index contributed by atoms with van der Waals surface area (Å²) in [5.74, 6) is 0. The summed E-state index contributed by atoms with van der Waals surface area (Å²) >= 11 is 6.38. The van der Waals surface area contributed by atoms with Crippen molar-refractivity contribution in [1.29, 1.82) is 0 Å². The Morgan fingerprint density at radius 2 is 0.784 bits per heavy atom. The third-order valence-corrected chi connectivity index (χ3v) is 6.82. The molecule has 5 aromatic carbocycles. The summed E-state index contributed by atoms with van der Waals surface area (Å²) in [6.07, 6.45) is 3.71. The van der Waals surface area contributed by atoms with Gasteiger partial charge in [0.1, 0.15) is 0 Å². The molecule has 6 aromatic rings. The second-order valence-corrected chi connectivity index (χ2v) is 9.52. The molecule has 6 rings (SSSR count). The summed E-state index contributed by atoms with van der Waals surface area (Å²) < 4.78 is 0. The minimum atomic E-state index is 0.731. The fourth-order valence-electron chi connectivity index (χ4n) is 4.72. The van der Waals surface area contributed by atoms with Crippen LogP contribution in [0.25, 0.3) is 55.6 Å². The topological polar surface area (TPSA) is 12.9 Å². The molecule has 0 unspecified atom stereocenters. The van der Waals surface area contributed by atoms with E-state index in [1.54, 1.807) is 6.20 Å². The van der Waals surface area contributed by atoms with E-state index in [1.807, 2.05) is 36.5 Å². The largest absolute Gasteiger partial charge is 0.264 e. The molecule has 0 fully saturated rings. The second kappa shape index (κ2) is 10.3. The molecule has 0 N–H and O–H groups in total. The number of hydrogen-bond donors (Lipinski definition) is 0. The van der Waals surface area contributed by atoms with E-state index in [4.69, 9.17) is 11.6 Å². The van der Waals surface area contributed by atoms with Crippen molar-refractivity contribution >= 4 is 11.6 Å². The summed E-state index contributed by atoms with van der Waals surface area (Å²) in [5, 5.41) is 0.731. The number of halogens is 1. The van der Waals surface area contributed by atoms with Gasteiger partial charge in [0.15, 0.2) is 0 Å². The highest BCUT2D eigenvalue weighted by Gasteiger charge is 2.10. The van der Waals surface area contributed by atoms with Gasteiger partial charge in [0.2, 0.25) is 0 Å². The van der Waals surface area contributed by atoms with E-state index in [0.29, 0.717) is 0 Å². The van der Waals surface area contributed by atoms with Crippen molar-refractivity contribution in [3.8, 4) is 55.6 Å². The monoisotopic (exact) mass is 493 g/mol. The lowest BCUT2D eigenvalue weighted by Gasteiger charge is -2.13. The van der Waals surface area contributed by atoms with Crippen molar-refractivity contribution in [2.24, 2.45) is 0 Å². The molecule has 0 amide bonds. The highest BCUT2D eigenvalue weighted by atomic mass is 35.5. The molecule has 0 radical (unpaired) electrons. The molecule has 0 atom stereocenters. The lowest BCUT2D eigenvalue weighted by Crippen LogP contribution is -1.88. The van der Waals surface area contributed by atoms with Crippen LogP contribution in [-0.4, -0.2) is 4.98 Å². The van der Waals surface area contributed by atoms with Gasteiger partial charge in [-0.1, -0.05) is 96.5 Å². The molecule has 0 spiro atoms. The minimum Gasteiger partial charge on any atom is -0.264 e. The van der Waals surface area contributed by atoms with Gasteiger partial charge in [-0.25, -0.2) is 0 Å². The molecule has 0 aliphatic carbocycles. The lowest BCUT2D eigenvalue weighted by atomic mass is 9.91. The first-order valence-corrected chi connectivity index (χ1v) is 12.7.